The number of hydrogen-bond acceptors (Lipinski definition) is 3. The van der Waals surface area contributed by atoms with E-state index >= 15 is 0 Å². The second kappa shape index (κ2) is 6.41. The number of nitrogens with zero attached hydrogens (tertiary/aromatic N) is 1. The van der Waals surface area contributed by atoms with Gasteiger partial charge in [0, 0.05) is 29.8 Å². The van der Waals surface area contributed by atoms with Crippen molar-refractivity contribution in [2.24, 2.45) is 0 Å². The fourth-order valence-corrected chi connectivity index (χ4v) is 2.07. The van der Waals surface area contributed by atoms with E-state index in [4.69, 9.17) is 0 Å². The summed E-state index contributed by atoms with van der Waals surface area (Å²) < 4.78 is 26.8. The smallest absolute Gasteiger partial charge is 0.273 e. The predicted molar refractivity (Wildman–Crippen MR) is 74.7 cm³/mol. The van der Waals surface area contributed by atoms with Gasteiger partial charge in [0.15, 0.2) is 11.6 Å². The molecule has 0 heterocycles. The van der Waals surface area contributed by atoms with Crippen LogP contribution in [0.1, 0.15) is 24.1 Å². The van der Waals surface area contributed by atoms with E-state index in [0.717, 1.165) is 6.07 Å². The largest absolute Gasteiger partial charge is 0.306 e. The second-order valence-corrected chi connectivity index (χ2v) is 4.63. The van der Waals surface area contributed by atoms with Crippen LogP contribution in [0.15, 0.2) is 42.5 Å². The molecule has 0 aromatic heterocycles. The van der Waals surface area contributed by atoms with Crippen molar-refractivity contribution >= 4 is 5.69 Å². The molecule has 6 heteroatoms. The van der Waals surface area contributed by atoms with Crippen molar-refractivity contribution < 1.29 is 13.7 Å². The summed E-state index contributed by atoms with van der Waals surface area (Å²) in [5, 5.41) is 13.9. The molecule has 0 aliphatic carbocycles. The maximum atomic E-state index is 13.7. The van der Waals surface area contributed by atoms with Crippen molar-refractivity contribution in [2.45, 2.75) is 19.5 Å². The molecule has 4 nitrogen and oxygen atoms in total. The van der Waals surface area contributed by atoms with Crippen LogP contribution in [0.25, 0.3) is 0 Å². The summed E-state index contributed by atoms with van der Waals surface area (Å²) in [6.45, 7) is 1.86. The van der Waals surface area contributed by atoms with E-state index in [9.17, 15) is 18.9 Å². The van der Waals surface area contributed by atoms with Gasteiger partial charge < -0.3 is 5.32 Å². The van der Waals surface area contributed by atoms with Gasteiger partial charge in [-0.1, -0.05) is 30.3 Å². The molecule has 2 aromatic rings. The van der Waals surface area contributed by atoms with Crippen LogP contribution in [0.5, 0.6) is 0 Å². The molecule has 0 spiro atoms. The minimum Gasteiger partial charge on any atom is -0.306 e. The molecule has 1 atom stereocenters. The molecule has 0 fully saturated rings. The minimum absolute atomic E-state index is 0.00286. The van der Waals surface area contributed by atoms with E-state index in [0.29, 0.717) is 5.56 Å². The Balaban J connectivity index is 2.13. The Kier molecular flexibility index (Phi) is 4.59. The van der Waals surface area contributed by atoms with Crippen LogP contribution in [-0.2, 0) is 6.54 Å². The minimum atomic E-state index is -0.910. The van der Waals surface area contributed by atoms with E-state index in [1.807, 2.05) is 0 Å². The molecule has 1 N–H and O–H groups in total. The monoisotopic (exact) mass is 292 g/mol. The number of nitro groups is 1. The number of para-hydroxylation sites is 1. The Morgan fingerprint density at radius 2 is 1.90 bits per heavy atom. The first-order chi connectivity index (χ1) is 10.0. The molecule has 0 aliphatic heterocycles. The topological polar surface area (TPSA) is 55.2 Å². The lowest BCUT2D eigenvalue weighted by Gasteiger charge is -2.15. The van der Waals surface area contributed by atoms with Gasteiger partial charge in [-0.25, -0.2) is 8.78 Å². The zero-order chi connectivity index (χ0) is 15.4. The first-order valence-electron chi connectivity index (χ1n) is 6.40. The molecule has 2 aromatic carbocycles. The summed E-state index contributed by atoms with van der Waals surface area (Å²) in [6, 6.07) is 9.79. The molecular weight excluding hydrogens is 278 g/mol. The standard InChI is InChI=1S/C15H14F2N2O2/c1-10(12-6-4-7-13(16)15(12)17)18-9-11-5-2-3-8-14(11)19(20)21/h2-8,10,18H,9H2,1H3. The lowest BCUT2D eigenvalue weighted by molar-refractivity contribution is -0.385. The van der Waals surface area contributed by atoms with E-state index in [1.165, 1.54) is 18.2 Å². The average molecular weight is 292 g/mol. The van der Waals surface area contributed by atoms with Gasteiger partial charge >= 0.3 is 0 Å². The Labute approximate surface area is 120 Å². The van der Waals surface area contributed by atoms with E-state index in [2.05, 4.69) is 5.32 Å². The molecule has 0 radical (unpaired) electrons. The first kappa shape index (κ1) is 15.1. The maximum absolute atomic E-state index is 13.7. The van der Waals surface area contributed by atoms with Crippen LogP contribution in [0.3, 0.4) is 0 Å². The summed E-state index contributed by atoms with van der Waals surface area (Å²) in [6.07, 6.45) is 0. The average Bonchev–Trinajstić information content (AvgIpc) is 2.47. The van der Waals surface area contributed by atoms with E-state index in [1.54, 1.807) is 25.1 Å². The van der Waals surface area contributed by atoms with Crippen LogP contribution in [0, 0.1) is 21.7 Å². The van der Waals surface area contributed by atoms with Crippen LogP contribution < -0.4 is 5.32 Å². The second-order valence-electron chi connectivity index (χ2n) is 4.63. The van der Waals surface area contributed by atoms with Crippen molar-refractivity contribution in [2.75, 3.05) is 0 Å². The summed E-state index contributed by atoms with van der Waals surface area (Å²) in [7, 11) is 0. The van der Waals surface area contributed by atoms with Gasteiger partial charge in [0.2, 0.25) is 0 Å². The lowest BCUT2D eigenvalue weighted by Crippen LogP contribution is -2.20. The maximum Gasteiger partial charge on any atom is 0.273 e. The number of hydrogen-bond donors (Lipinski definition) is 1. The highest BCUT2D eigenvalue weighted by molar-refractivity contribution is 5.39. The molecule has 0 aliphatic rings. The molecule has 21 heavy (non-hydrogen) atoms. The number of benzene rings is 2. The highest BCUT2D eigenvalue weighted by Crippen LogP contribution is 2.21. The van der Waals surface area contributed by atoms with E-state index in [-0.39, 0.29) is 17.8 Å². The Morgan fingerprint density at radius 1 is 1.19 bits per heavy atom. The number of rotatable bonds is 5. The summed E-state index contributed by atoms with van der Waals surface area (Å²) in [5.41, 5.74) is 0.677. The van der Waals surface area contributed by atoms with Crippen LogP contribution in [0.2, 0.25) is 0 Å². The van der Waals surface area contributed by atoms with Crippen LogP contribution in [0.4, 0.5) is 14.5 Å². The summed E-state index contributed by atoms with van der Waals surface area (Å²) in [5.74, 6) is -1.81. The van der Waals surface area contributed by atoms with E-state index < -0.39 is 22.6 Å². The van der Waals surface area contributed by atoms with Crippen molar-refractivity contribution in [1.29, 1.82) is 0 Å². The van der Waals surface area contributed by atoms with Crippen molar-refractivity contribution in [3.8, 4) is 0 Å². The third-order valence-corrected chi connectivity index (χ3v) is 3.23. The van der Waals surface area contributed by atoms with Gasteiger partial charge in [-0.05, 0) is 13.0 Å². The summed E-state index contributed by atoms with van der Waals surface area (Å²) >= 11 is 0. The molecule has 1 unspecified atom stereocenters. The molecule has 2 rings (SSSR count). The SMILES string of the molecule is CC(NCc1ccccc1[N+](=O)[O-])c1cccc(F)c1F. The van der Waals surface area contributed by atoms with Gasteiger partial charge in [0.25, 0.3) is 5.69 Å². The third-order valence-electron chi connectivity index (χ3n) is 3.23. The van der Waals surface area contributed by atoms with Gasteiger partial charge in [-0.3, -0.25) is 10.1 Å². The van der Waals surface area contributed by atoms with Crippen LogP contribution in [-0.4, -0.2) is 4.92 Å². The van der Waals surface area contributed by atoms with Crippen molar-refractivity contribution in [3.05, 3.63) is 75.3 Å². The normalized spacial score (nSPS) is 12.1. The van der Waals surface area contributed by atoms with Gasteiger partial charge in [0.05, 0.1) is 4.92 Å². The zero-order valence-corrected chi connectivity index (χ0v) is 11.3. The highest BCUT2D eigenvalue weighted by atomic mass is 19.2. The molecule has 0 saturated carbocycles. The zero-order valence-electron chi connectivity index (χ0n) is 11.3. The molecule has 0 saturated heterocycles. The molecule has 0 amide bonds. The highest BCUT2D eigenvalue weighted by Gasteiger charge is 2.16. The van der Waals surface area contributed by atoms with Crippen molar-refractivity contribution in [3.63, 3.8) is 0 Å². The quantitative estimate of drug-likeness (QED) is 0.675. The summed E-state index contributed by atoms with van der Waals surface area (Å²) in [4.78, 5) is 10.4. The fraction of sp³-hybridized carbons (Fsp3) is 0.200. The molecular formula is C15H14F2N2O2. The molecule has 0 bridgehead atoms. The Morgan fingerprint density at radius 3 is 2.62 bits per heavy atom. The van der Waals surface area contributed by atoms with Crippen LogP contribution >= 0.6 is 0 Å². The van der Waals surface area contributed by atoms with Gasteiger partial charge in [-0.15, -0.1) is 0 Å². The van der Waals surface area contributed by atoms with Gasteiger partial charge in [0.1, 0.15) is 0 Å². The third kappa shape index (κ3) is 3.41. The molecule has 110 valence electrons. The fourth-order valence-electron chi connectivity index (χ4n) is 2.07. The lowest BCUT2D eigenvalue weighted by atomic mass is 10.1. The predicted octanol–water partition coefficient (Wildman–Crippen LogP) is 3.72. The Bertz CT molecular complexity index is 662. The van der Waals surface area contributed by atoms with Gasteiger partial charge in [-0.2, -0.15) is 0 Å². The Hall–Kier alpha value is -2.34. The number of nitrogens with one attached hydrogen (secondary N) is 1. The number of halogens is 2. The van der Waals surface area contributed by atoms with Crippen molar-refractivity contribution in [1.82, 2.24) is 5.32 Å². The first-order valence-corrected chi connectivity index (χ1v) is 6.40. The number of nitro benzene ring substituents is 1.